The third-order valence-corrected chi connectivity index (χ3v) is 4.41. The zero-order chi connectivity index (χ0) is 13.5. The van der Waals surface area contributed by atoms with Gasteiger partial charge in [-0.3, -0.25) is 0 Å². The molecule has 0 radical (unpaired) electrons. The number of rotatable bonds is 6. The van der Waals surface area contributed by atoms with Crippen LogP contribution in [-0.2, 0) is 6.42 Å². The summed E-state index contributed by atoms with van der Waals surface area (Å²) in [5.41, 5.74) is 6.80. The molecule has 0 saturated carbocycles. The standard InChI is InChI=1S/C15H23NO2S/c1-17-15-11-12(3-2-8-16)4-5-14(15)18-13-6-9-19-10-7-13/h4-5,11,13H,2-3,6-10,16H2,1H3. The quantitative estimate of drug-likeness (QED) is 0.871. The van der Waals surface area contributed by atoms with Crippen LogP contribution in [0.15, 0.2) is 18.2 Å². The van der Waals surface area contributed by atoms with E-state index in [0.717, 1.165) is 43.7 Å². The van der Waals surface area contributed by atoms with Crippen molar-refractivity contribution in [3.63, 3.8) is 0 Å². The van der Waals surface area contributed by atoms with Gasteiger partial charge in [0.2, 0.25) is 0 Å². The summed E-state index contributed by atoms with van der Waals surface area (Å²) >= 11 is 2.01. The summed E-state index contributed by atoms with van der Waals surface area (Å²) in [4.78, 5) is 0. The number of hydrogen-bond acceptors (Lipinski definition) is 4. The molecule has 1 aromatic rings. The highest BCUT2D eigenvalue weighted by molar-refractivity contribution is 7.99. The van der Waals surface area contributed by atoms with E-state index >= 15 is 0 Å². The first kappa shape index (κ1) is 14.5. The van der Waals surface area contributed by atoms with E-state index in [-0.39, 0.29) is 0 Å². The fourth-order valence-corrected chi connectivity index (χ4v) is 3.31. The van der Waals surface area contributed by atoms with Gasteiger partial charge in [0, 0.05) is 0 Å². The lowest BCUT2D eigenvalue weighted by Crippen LogP contribution is -2.22. The second kappa shape index (κ2) is 7.65. The summed E-state index contributed by atoms with van der Waals surface area (Å²) in [5, 5.41) is 0. The molecule has 1 heterocycles. The average molecular weight is 281 g/mol. The Morgan fingerprint density at radius 3 is 2.74 bits per heavy atom. The van der Waals surface area contributed by atoms with Gasteiger partial charge in [-0.05, 0) is 61.4 Å². The van der Waals surface area contributed by atoms with Crippen LogP contribution in [0.1, 0.15) is 24.8 Å². The van der Waals surface area contributed by atoms with E-state index in [4.69, 9.17) is 15.2 Å². The normalized spacial score (nSPS) is 16.3. The Morgan fingerprint density at radius 1 is 1.26 bits per heavy atom. The van der Waals surface area contributed by atoms with Crippen molar-refractivity contribution in [2.45, 2.75) is 31.8 Å². The molecule has 0 aromatic heterocycles. The lowest BCUT2D eigenvalue weighted by Gasteiger charge is -2.24. The maximum absolute atomic E-state index is 6.07. The Hall–Kier alpha value is -0.870. The number of hydrogen-bond donors (Lipinski definition) is 1. The maximum atomic E-state index is 6.07. The van der Waals surface area contributed by atoms with Crippen molar-refractivity contribution in [1.29, 1.82) is 0 Å². The van der Waals surface area contributed by atoms with Crippen molar-refractivity contribution < 1.29 is 9.47 Å². The molecule has 2 N–H and O–H groups in total. The largest absolute Gasteiger partial charge is 0.493 e. The molecule has 1 aliphatic rings. The van der Waals surface area contributed by atoms with Gasteiger partial charge in [0.25, 0.3) is 0 Å². The summed E-state index contributed by atoms with van der Waals surface area (Å²) in [5.74, 6) is 4.10. The minimum Gasteiger partial charge on any atom is -0.493 e. The molecule has 2 rings (SSSR count). The van der Waals surface area contributed by atoms with Crippen molar-refractivity contribution in [3.05, 3.63) is 23.8 Å². The lowest BCUT2D eigenvalue weighted by atomic mass is 10.1. The molecular formula is C15H23NO2S. The highest BCUT2D eigenvalue weighted by atomic mass is 32.2. The molecule has 19 heavy (non-hydrogen) atoms. The molecule has 1 aliphatic heterocycles. The summed E-state index contributed by atoms with van der Waals surface area (Å²) in [6.07, 6.45) is 4.59. The molecule has 106 valence electrons. The Morgan fingerprint density at radius 2 is 2.05 bits per heavy atom. The zero-order valence-corrected chi connectivity index (χ0v) is 12.4. The van der Waals surface area contributed by atoms with Gasteiger partial charge in [-0.25, -0.2) is 0 Å². The Labute approximate surface area is 119 Å². The molecule has 0 unspecified atom stereocenters. The van der Waals surface area contributed by atoms with Crippen LogP contribution in [0, 0.1) is 0 Å². The average Bonchev–Trinajstić information content (AvgIpc) is 2.47. The SMILES string of the molecule is COc1cc(CCCN)ccc1OC1CCSCC1. The topological polar surface area (TPSA) is 44.5 Å². The summed E-state index contributed by atoms with van der Waals surface area (Å²) < 4.78 is 11.5. The monoisotopic (exact) mass is 281 g/mol. The van der Waals surface area contributed by atoms with E-state index in [1.54, 1.807) is 7.11 Å². The van der Waals surface area contributed by atoms with Gasteiger partial charge in [-0.15, -0.1) is 0 Å². The Balaban J connectivity index is 2.02. The van der Waals surface area contributed by atoms with Crippen molar-refractivity contribution in [2.75, 3.05) is 25.2 Å². The van der Waals surface area contributed by atoms with E-state index in [1.807, 2.05) is 17.8 Å². The van der Waals surface area contributed by atoms with Crippen LogP contribution < -0.4 is 15.2 Å². The minimum atomic E-state index is 0.338. The van der Waals surface area contributed by atoms with Crippen LogP contribution in [-0.4, -0.2) is 31.3 Å². The first-order valence-electron chi connectivity index (χ1n) is 6.95. The Kier molecular flexibility index (Phi) is 5.86. The predicted molar refractivity (Wildman–Crippen MR) is 81.3 cm³/mol. The molecule has 0 bridgehead atoms. The van der Waals surface area contributed by atoms with Gasteiger partial charge in [0.05, 0.1) is 7.11 Å². The van der Waals surface area contributed by atoms with Gasteiger partial charge in [0.1, 0.15) is 6.10 Å². The zero-order valence-electron chi connectivity index (χ0n) is 11.6. The molecule has 0 aliphatic carbocycles. The van der Waals surface area contributed by atoms with Crippen LogP contribution in [0.3, 0.4) is 0 Å². The first-order chi connectivity index (χ1) is 9.33. The van der Waals surface area contributed by atoms with Gasteiger partial charge in [-0.2, -0.15) is 11.8 Å². The number of aryl methyl sites for hydroxylation is 1. The first-order valence-corrected chi connectivity index (χ1v) is 8.10. The van der Waals surface area contributed by atoms with Gasteiger partial charge >= 0.3 is 0 Å². The second-order valence-corrected chi connectivity index (χ2v) is 6.03. The van der Waals surface area contributed by atoms with Crippen molar-refractivity contribution in [3.8, 4) is 11.5 Å². The fraction of sp³-hybridized carbons (Fsp3) is 0.600. The minimum absolute atomic E-state index is 0.338. The van der Waals surface area contributed by atoms with E-state index < -0.39 is 0 Å². The summed E-state index contributed by atoms with van der Waals surface area (Å²) in [6.45, 7) is 0.723. The van der Waals surface area contributed by atoms with E-state index in [2.05, 4.69) is 12.1 Å². The predicted octanol–water partition coefficient (Wildman–Crippen LogP) is 2.86. The van der Waals surface area contributed by atoms with Crippen LogP contribution in [0.25, 0.3) is 0 Å². The third-order valence-electron chi connectivity index (χ3n) is 3.36. The van der Waals surface area contributed by atoms with E-state index in [0.29, 0.717) is 6.10 Å². The summed E-state index contributed by atoms with van der Waals surface area (Å²) in [7, 11) is 1.70. The molecule has 4 heteroatoms. The summed E-state index contributed by atoms with van der Waals surface area (Å²) in [6, 6.07) is 6.22. The van der Waals surface area contributed by atoms with Crippen molar-refractivity contribution in [2.24, 2.45) is 5.73 Å². The highest BCUT2D eigenvalue weighted by Gasteiger charge is 2.17. The van der Waals surface area contributed by atoms with Crippen LogP contribution in [0.2, 0.25) is 0 Å². The number of benzene rings is 1. The molecule has 3 nitrogen and oxygen atoms in total. The van der Waals surface area contributed by atoms with E-state index in [1.165, 1.54) is 17.1 Å². The molecule has 1 fully saturated rings. The molecule has 0 spiro atoms. The number of ether oxygens (including phenoxy) is 2. The number of methoxy groups -OCH3 is 1. The van der Waals surface area contributed by atoms with Crippen LogP contribution in [0.5, 0.6) is 11.5 Å². The van der Waals surface area contributed by atoms with Crippen LogP contribution in [0.4, 0.5) is 0 Å². The molecule has 0 atom stereocenters. The molecule has 1 aromatic carbocycles. The lowest BCUT2D eigenvalue weighted by molar-refractivity contribution is 0.184. The van der Waals surface area contributed by atoms with Gasteiger partial charge in [-0.1, -0.05) is 6.07 Å². The fourth-order valence-electron chi connectivity index (χ4n) is 2.24. The van der Waals surface area contributed by atoms with Crippen molar-refractivity contribution in [1.82, 2.24) is 0 Å². The number of nitrogens with two attached hydrogens (primary N) is 1. The highest BCUT2D eigenvalue weighted by Crippen LogP contribution is 2.31. The second-order valence-electron chi connectivity index (χ2n) is 4.81. The van der Waals surface area contributed by atoms with Gasteiger partial charge < -0.3 is 15.2 Å². The molecular weight excluding hydrogens is 258 g/mol. The van der Waals surface area contributed by atoms with Crippen molar-refractivity contribution >= 4 is 11.8 Å². The van der Waals surface area contributed by atoms with Gasteiger partial charge in [0.15, 0.2) is 11.5 Å². The molecule has 1 saturated heterocycles. The van der Waals surface area contributed by atoms with Crippen LogP contribution >= 0.6 is 11.8 Å². The molecule has 0 amide bonds. The Bertz CT molecular complexity index is 392. The number of thioether (sulfide) groups is 1. The smallest absolute Gasteiger partial charge is 0.161 e. The maximum Gasteiger partial charge on any atom is 0.161 e. The third kappa shape index (κ3) is 4.32. The van der Waals surface area contributed by atoms with E-state index in [9.17, 15) is 0 Å².